The summed E-state index contributed by atoms with van der Waals surface area (Å²) < 4.78 is 7.82. The van der Waals surface area contributed by atoms with E-state index in [4.69, 9.17) is 9.72 Å². The molecule has 34 heavy (non-hydrogen) atoms. The van der Waals surface area contributed by atoms with E-state index in [1.807, 2.05) is 65.0 Å². The summed E-state index contributed by atoms with van der Waals surface area (Å²) in [6.07, 6.45) is 3.28. The van der Waals surface area contributed by atoms with E-state index in [0.717, 1.165) is 29.1 Å². The molecule has 1 aliphatic carbocycles. The molecule has 4 rings (SSSR count). The van der Waals surface area contributed by atoms with Crippen molar-refractivity contribution in [3.8, 4) is 11.4 Å². The monoisotopic (exact) mass is 461 g/mol. The van der Waals surface area contributed by atoms with Gasteiger partial charge < -0.3 is 15.0 Å². The molecule has 0 saturated carbocycles. The van der Waals surface area contributed by atoms with Gasteiger partial charge in [-0.25, -0.2) is 9.97 Å². The van der Waals surface area contributed by atoms with Gasteiger partial charge in [0.05, 0.1) is 17.8 Å². The molecule has 180 valence electrons. The summed E-state index contributed by atoms with van der Waals surface area (Å²) in [5.41, 5.74) is 5.64. The van der Waals surface area contributed by atoms with E-state index in [9.17, 15) is 4.79 Å². The first-order valence-electron chi connectivity index (χ1n) is 12.1. The van der Waals surface area contributed by atoms with Crippen molar-refractivity contribution in [1.29, 1.82) is 0 Å². The van der Waals surface area contributed by atoms with Crippen LogP contribution in [0.3, 0.4) is 0 Å². The molecule has 3 aromatic rings. The fourth-order valence-corrected chi connectivity index (χ4v) is 4.77. The van der Waals surface area contributed by atoms with Gasteiger partial charge in [0.15, 0.2) is 0 Å². The Hall–Kier alpha value is -3.19. The lowest BCUT2D eigenvalue weighted by Crippen LogP contribution is -2.32. The molecular weight excluding hydrogens is 426 g/mol. The quantitative estimate of drug-likeness (QED) is 0.537. The van der Waals surface area contributed by atoms with Gasteiger partial charge in [0, 0.05) is 45.4 Å². The third-order valence-electron chi connectivity index (χ3n) is 6.55. The number of ether oxygens (including phenoxy) is 1. The zero-order chi connectivity index (χ0) is 24.4. The first-order chi connectivity index (χ1) is 16.4. The molecule has 0 saturated heterocycles. The Morgan fingerprint density at radius 1 is 1.21 bits per heavy atom. The van der Waals surface area contributed by atoms with Crippen molar-refractivity contribution in [3.05, 3.63) is 69.3 Å². The number of nitrogens with one attached hydrogen (secondary N) is 1. The summed E-state index contributed by atoms with van der Waals surface area (Å²) in [5, 5.41) is 3.57. The van der Waals surface area contributed by atoms with Gasteiger partial charge in [0.2, 0.25) is 0 Å². The smallest absolute Gasteiger partial charge is 0.277 e. The summed E-state index contributed by atoms with van der Waals surface area (Å²) in [6, 6.07) is 10.3. The minimum absolute atomic E-state index is 0.0220. The van der Waals surface area contributed by atoms with Crippen LogP contribution >= 0.6 is 0 Å². The van der Waals surface area contributed by atoms with Crippen LogP contribution < -0.4 is 15.8 Å². The van der Waals surface area contributed by atoms with Crippen LogP contribution in [0.2, 0.25) is 0 Å². The number of fused-ring (bicyclic) bond motifs is 1. The molecule has 7 heteroatoms. The molecule has 1 aromatic carbocycles. The van der Waals surface area contributed by atoms with Crippen LogP contribution in [-0.4, -0.2) is 41.3 Å². The van der Waals surface area contributed by atoms with E-state index in [-0.39, 0.29) is 17.7 Å². The van der Waals surface area contributed by atoms with Gasteiger partial charge in [0.25, 0.3) is 5.56 Å². The summed E-state index contributed by atoms with van der Waals surface area (Å²) in [6.45, 7) is 9.21. The molecule has 2 atom stereocenters. The number of anilines is 2. The van der Waals surface area contributed by atoms with Crippen LogP contribution in [0.4, 0.5) is 11.5 Å². The Balaban J connectivity index is 1.81. The lowest BCUT2D eigenvalue weighted by Gasteiger charge is -2.25. The number of benzene rings is 1. The Labute approximate surface area is 201 Å². The summed E-state index contributed by atoms with van der Waals surface area (Å²) >= 11 is 0. The average molecular weight is 462 g/mol. The van der Waals surface area contributed by atoms with E-state index < -0.39 is 0 Å². The molecule has 1 N–H and O–H groups in total. The maximum absolute atomic E-state index is 13.8. The molecule has 0 spiro atoms. The van der Waals surface area contributed by atoms with Crippen molar-refractivity contribution in [2.24, 2.45) is 0 Å². The molecule has 0 bridgehead atoms. The van der Waals surface area contributed by atoms with E-state index >= 15 is 0 Å². The van der Waals surface area contributed by atoms with Gasteiger partial charge in [0.1, 0.15) is 17.3 Å². The van der Waals surface area contributed by atoms with Crippen LogP contribution in [0.15, 0.2) is 41.3 Å². The van der Waals surface area contributed by atoms with E-state index in [1.54, 1.807) is 4.57 Å². The molecule has 0 amide bonds. The second-order valence-corrected chi connectivity index (χ2v) is 8.93. The number of hydrogen-bond acceptors (Lipinski definition) is 6. The fourth-order valence-electron chi connectivity index (χ4n) is 4.77. The van der Waals surface area contributed by atoms with Gasteiger partial charge in [-0.05, 0) is 49.9 Å². The largest absolute Gasteiger partial charge is 0.376 e. The second kappa shape index (κ2) is 9.97. The molecule has 7 nitrogen and oxygen atoms in total. The minimum atomic E-state index is -0.0881. The maximum Gasteiger partial charge on any atom is 0.277 e. The third-order valence-corrected chi connectivity index (χ3v) is 6.55. The topological polar surface area (TPSA) is 72.3 Å². The second-order valence-electron chi connectivity index (χ2n) is 8.93. The van der Waals surface area contributed by atoms with E-state index in [1.165, 1.54) is 11.1 Å². The van der Waals surface area contributed by atoms with Gasteiger partial charge in [-0.15, -0.1) is 0 Å². The molecule has 1 aliphatic rings. The number of nitrogens with zero attached hydrogens (tertiary/aromatic N) is 4. The molecule has 0 fully saturated rings. The maximum atomic E-state index is 13.8. The lowest BCUT2D eigenvalue weighted by molar-refractivity contribution is 0.0574. The SMILES string of the molecule is CCO[C@H]1Cc2ccccc2C1Nc1c(CC)nc(-c2cnc(N(C)C)cc2C)n(CC)c1=O. The van der Waals surface area contributed by atoms with Crippen LogP contribution in [0.5, 0.6) is 0 Å². The van der Waals surface area contributed by atoms with Crippen LogP contribution in [0.25, 0.3) is 11.4 Å². The summed E-state index contributed by atoms with van der Waals surface area (Å²) in [5.74, 6) is 1.54. The van der Waals surface area contributed by atoms with Gasteiger partial charge in [-0.2, -0.15) is 0 Å². The van der Waals surface area contributed by atoms with Crippen LogP contribution in [0, 0.1) is 6.92 Å². The van der Waals surface area contributed by atoms with Crippen molar-refractivity contribution in [3.63, 3.8) is 0 Å². The Morgan fingerprint density at radius 3 is 2.62 bits per heavy atom. The van der Waals surface area contributed by atoms with Gasteiger partial charge >= 0.3 is 0 Å². The first kappa shape index (κ1) is 24.0. The van der Waals surface area contributed by atoms with Crippen molar-refractivity contribution in [2.75, 3.05) is 30.9 Å². The van der Waals surface area contributed by atoms with E-state index in [0.29, 0.717) is 31.1 Å². The first-order valence-corrected chi connectivity index (χ1v) is 12.1. The predicted octanol–water partition coefficient (Wildman–Crippen LogP) is 4.38. The number of rotatable bonds is 8. The van der Waals surface area contributed by atoms with Gasteiger partial charge in [-0.3, -0.25) is 9.36 Å². The van der Waals surface area contributed by atoms with Crippen molar-refractivity contribution >= 4 is 11.5 Å². The highest BCUT2D eigenvalue weighted by atomic mass is 16.5. The standard InChI is InChI=1S/C27H35N5O2/c1-7-21-25(30-24-19-13-11-10-12-18(19)15-22(24)34-9-3)27(33)32(8-2)26(29-21)20-16-28-23(31(5)6)14-17(20)4/h10-14,16,22,24,30H,7-9,15H2,1-6H3/t22-,24?/m0/s1. The normalized spacial score (nSPS) is 17.0. The zero-order valence-electron chi connectivity index (χ0n) is 21.1. The molecule has 1 unspecified atom stereocenters. The van der Waals surface area contributed by atoms with Crippen molar-refractivity contribution < 1.29 is 4.74 Å². The number of pyridine rings is 1. The lowest BCUT2D eigenvalue weighted by atomic mass is 10.1. The highest BCUT2D eigenvalue weighted by Gasteiger charge is 2.34. The summed E-state index contributed by atoms with van der Waals surface area (Å²) in [4.78, 5) is 25.4. The Morgan fingerprint density at radius 2 is 1.97 bits per heavy atom. The third kappa shape index (κ3) is 4.32. The highest BCUT2D eigenvalue weighted by molar-refractivity contribution is 5.64. The highest BCUT2D eigenvalue weighted by Crippen LogP contribution is 2.36. The van der Waals surface area contributed by atoms with E-state index in [2.05, 4.69) is 28.5 Å². The number of aryl methyl sites for hydroxylation is 2. The van der Waals surface area contributed by atoms with Crippen molar-refractivity contribution in [1.82, 2.24) is 14.5 Å². The van der Waals surface area contributed by atoms with Gasteiger partial charge in [-0.1, -0.05) is 31.2 Å². The summed E-state index contributed by atoms with van der Waals surface area (Å²) in [7, 11) is 3.93. The average Bonchev–Trinajstić information content (AvgIpc) is 3.17. The molecular formula is C27H35N5O2. The number of aromatic nitrogens is 3. The Bertz CT molecular complexity index is 1230. The Kier molecular flexibility index (Phi) is 7.03. The van der Waals surface area contributed by atoms with Crippen LogP contribution in [0.1, 0.15) is 49.2 Å². The fraction of sp³-hybridized carbons (Fsp3) is 0.444. The molecule has 2 heterocycles. The number of hydrogen-bond donors (Lipinski definition) is 1. The van der Waals surface area contributed by atoms with Crippen molar-refractivity contribution in [2.45, 2.75) is 59.2 Å². The van der Waals surface area contributed by atoms with Crippen LogP contribution in [-0.2, 0) is 24.1 Å². The predicted molar refractivity (Wildman–Crippen MR) is 138 cm³/mol. The molecule has 0 radical (unpaired) electrons. The molecule has 0 aliphatic heterocycles. The molecule has 2 aromatic heterocycles. The minimum Gasteiger partial charge on any atom is -0.376 e. The zero-order valence-corrected chi connectivity index (χ0v) is 21.1.